The van der Waals surface area contributed by atoms with Gasteiger partial charge in [-0.25, -0.2) is 0 Å². The molecule has 0 saturated carbocycles. The second-order valence-electron chi connectivity index (χ2n) is 6.51. The first-order valence-corrected chi connectivity index (χ1v) is 8.66. The molecule has 0 aliphatic carbocycles. The molecule has 1 aliphatic rings. The smallest absolute Gasteiger partial charge is 0.186 e. The molecule has 0 saturated heterocycles. The number of carbonyl (C=O) groups excluding carboxylic acids is 2. The molecular formula is C22H22O5. The zero-order valence-electron chi connectivity index (χ0n) is 15.7. The summed E-state index contributed by atoms with van der Waals surface area (Å²) < 4.78 is 17.0. The Morgan fingerprint density at radius 2 is 1.93 bits per heavy atom. The van der Waals surface area contributed by atoms with E-state index < -0.39 is 6.10 Å². The second kappa shape index (κ2) is 7.66. The molecule has 5 nitrogen and oxygen atoms in total. The van der Waals surface area contributed by atoms with Crippen LogP contribution in [0.5, 0.6) is 17.2 Å². The summed E-state index contributed by atoms with van der Waals surface area (Å²) >= 11 is 0. The van der Waals surface area contributed by atoms with Gasteiger partial charge in [-0.15, -0.1) is 0 Å². The molecule has 0 fully saturated rings. The van der Waals surface area contributed by atoms with E-state index in [0.29, 0.717) is 33.9 Å². The topological polar surface area (TPSA) is 61.8 Å². The number of hydrogen-bond donors (Lipinski definition) is 0. The molecule has 0 amide bonds. The molecule has 1 aliphatic heterocycles. The largest absolute Gasteiger partial charge is 0.496 e. The van der Waals surface area contributed by atoms with Crippen molar-refractivity contribution in [3.63, 3.8) is 0 Å². The van der Waals surface area contributed by atoms with Crippen molar-refractivity contribution in [2.75, 3.05) is 14.2 Å². The number of methoxy groups -OCH3 is 2. The van der Waals surface area contributed by atoms with Gasteiger partial charge in [-0.05, 0) is 18.6 Å². The Hall–Kier alpha value is -3.08. The van der Waals surface area contributed by atoms with Crippen molar-refractivity contribution in [2.24, 2.45) is 0 Å². The quantitative estimate of drug-likeness (QED) is 0.731. The molecule has 0 bridgehead atoms. The van der Waals surface area contributed by atoms with Gasteiger partial charge in [0.1, 0.15) is 5.75 Å². The van der Waals surface area contributed by atoms with E-state index in [1.165, 1.54) is 7.11 Å². The Morgan fingerprint density at radius 3 is 2.59 bits per heavy atom. The van der Waals surface area contributed by atoms with E-state index in [9.17, 15) is 9.59 Å². The van der Waals surface area contributed by atoms with Crippen LogP contribution < -0.4 is 14.2 Å². The molecule has 2 aromatic carbocycles. The van der Waals surface area contributed by atoms with Crippen LogP contribution in [0.25, 0.3) is 0 Å². The van der Waals surface area contributed by atoms with Gasteiger partial charge in [-0.2, -0.15) is 0 Å². The molecule has 3 rings (SSSR count). The molecule has 0 N–H and O–H groups in total. The van der Waals surface area contributed by atoms with Crippen LogP contribution in [-0.4, -0.2) is 25.8 Å². The lowest BCUT2D eigenvalue weighted by Crippen LogP contribution is -2.27. The summed E-state index contributed by atoms with van der Waals surface area (Å²) in [6.45, 7) is 5.38. The van der Waals surface area contributed by atoms with E-state index in [1.54, 1.807) is 26.2 Å². The first kappa shape index (κ1) is 18.7. The van der Waals surface area contributed by atoms with E-state index in [-0.39, 0.29) is 24.4 Å². The van der Waals surface area contributed by atoms with Crippen LogP contribution in [0.2, 0.25) is 0 Å². The number of ether oxygens (including phenoxy) is 3. The minimum atomic E-state index is -0.783. The van der Waals surface area contributed by atoms with E-state index in [2.05, 4.69) is 6.58 Å². The Kier molecular flexibility index (Phi) is 5.31. The van der Waals surface area contributed by atoms with E-state index in [0.717, 1.165) is 5.56 Å². The SMILES string of the molecule is C=C(C)C(=O)Cc1ccc2c(c1OC)OC(c1ccccc1OC)C(=O)C2. The van der Waals surface area contributed by atoms with Gasteiger partial charge in [-0.1, -0.05) is 36.9 Å². The van der Waals surface area contributed by atoms with Gasteiger partial charge in [0.25, 0.3) is 0 Å². The van der Waals surface area contributed by atoms with Gasteiger partial charge in [-0.3, -0.25) is 9.59 Å². The van der Waals surface area contributed by atoms with E-state index >= 15 is 0 Å². The van der Waals surface area contributed by atoms with Crippen molar-refractivity contribution < 1.29 is 23.8 Å². The highest BCUT2D eigenvalue weighted by Gasteiger charge is 2.34. The fourth-order valence-electron chi connectivity index (χ4n) is 3.18. The van der Waals surface area contributed by atoms with Crippen LogP contribution in [0.1, 0.15) is 29.7 Å². The predicted octanol–water partition coefficient (Wildman–Crippen LogP) is 3.64. The van der Waals surface area contributed by atoms with Crippen molar-refractivity contribution >= 4 is 11.6 Å². The average Bonchev–Trinajstić information content (AvgIpc) is 2.67. The number of allylic oxidation sites excluding steroid dienone is 1. The number of rotatable bonds is 6. The maximum Gasteiger partial charge on any atom is 0.186 e. The van der Waals surface area contributed by atoms with Crippen LogP contribution in [0.3, 0.4) is 0 Å². The van der Waals surface area contributed by atoms with Crippen LogP contribution >= 0.6 is 0 Å². The lowest BCUT2D eigenvalue weighted by molar-refractivity contribution is -0.126. The summed E-state index contributed by atoms with van der Waals surface area (Å²) in [5.41, 5.74) is 2.60. The molecule has 5 heteroatoms. The minimum Gasteiger partial charge on any atom is -0.496 e. The highest BCUT2D eigenvalue weighted by molar-refractivity contribution is 5.96. The molecular weight excluding hydrogens is 344 g/mol. The molecule has 1 atom stereocenters. The highest BCUT2D eigenvalue weighted by atomic mass is 16.5. The number of fused-ring (bicyclic) bond motifs is 1. The fourth-order valence-corrected chi connectivity index (χ4v) is 3.18. The standard InChI is InChI=1S/C22H22O5/c1-13(2)17(23)11-14-9-10-15-12-18(24)22(27-21(15)20(14)26-4)16-7-5-6-8-19(16)25-3/h5-10,22H,1,11-12H2,2-4H3. The lowest BCUT2D eigenvalue weighted by Gasteiger charge is -2.28. The van der Waals surface area contributed by atoms with Crippen molar-refractivity contribution in [1.82, 2.24) is 0 Å². The second-order valence-corrected chi connectivity index (χ2v) is 6.51. The Balaban J connectivity index is 2.03. The highest BCUT2D eigenvalue weighted by Crippen LogP contribution is 2.43. The number of carbonyl (C=O) groups is 2. The van der Waals surface area contributed by atoms with Crippen molar-refractivity contribution in [3.8, 4) is 17.2 Å². The number of benzene rings is 2. The van der Waals surface area contributed by atoms with Crippen LogP contribution in [-0.2, 0) is 22.4 Å². The zero-order chi connectivity index (χ0) is 19.6. The lowest BCUT2D eigenvalue weighted by atomic mass is 9.93. The third-order valence-electron chi connectivity index (χ3n) is 4.62. The number of Topliss-reactive ketones (excluding diaryl/α,β-unsaturated/α-hetero) is 2. The summed E-state index contributed by atoms with van der Waals surface area (Å²) in [5.74, 6) is 1.45. The van der Waals surface area contributed by atoms with Crippen LogP contribution in [0.15, 0.2) is 48.6 Å². The summed E-state index contributed by atoms with van der Waals surface area (Å²) in [6, 6.07) is 10.9. The number of ketones is 2. The predicted molar refractivity (Wildman–Crippen MR) is 102 cm³/mol. The minimum absolute atomic E-state index is 0.0557. The Labute approximate surface area is 158 Å². The van der Waals surface area contributed by atoms with Gasteiger partial charge >= 0.3 is 0 Å². The average molecular weight is 366 g/mol. The first-order valence-electron chi connectivity index (χ1n) is 8.66. The molecule has 0 radical (unpaired) electrons. The molecule has 2 aromatic rings. The van der Waals surface area contributed by atoms with Gasteiger partial charge in [0.2, 0.25) is 0 Å². The van der Waals surface area contributed by atoms with E-state index in [1.807, 2.05) is 24.3 Å². The van der Waals surface area contributed by atoms with Gasteiger partial charge in [0.15, 0.2) is 29.2 Å². The van der Waals surface area contributed by atoms with Gasteiger partial charge in [0, 0.05) is 29.5 Å². The fraction of sp³-hybridized carbons (Fsp3) is 0.273. The summed E-state index contributed by atoms with van der Waals surface area (Å²) in [5, 5.41) is 0. The Morgan fingerprint density at radius 1 is 1.19 bits per heavy atom. The molecule has 27 heavy (non-hydrogen) atoms. The molecule has 0 aromatic heterocycles. The maximum atomic E-state index is 12.7. The number of para-hydroxylation sites is 1. The van der Waals surface area contributed by atoms with E-state index in [4.69, 9.17) is 14.2 Å². The summed E-state index contributed by atoms with van der Waals surface area (Å²) in [4.78, 5) is 24.8. The monoisotopic (exact) mass is 366 g/mol. The van der Waals surface area contributed by atoms with Crippen LogP contribution in [0.4, 0.5) is 0 Å². The Bertz CT molecular complexity index is 913. The third kappa shape index (κ3) is 3.58. The molecule has 1 unspecified atom stereocenters. The molecule has 1 heterocycles. The van der Waals surface area contributed by atoms with Crippen LogP contribution in [0, 0.1) is 0 Å². The zero-order valence-corrected chi connectivity index (χ0v) is 15.7. The van der Waals surface area contributed by atoms with Gasteiger partial charge in [0.05, 0.1) is 14.2 Å². The number of hydrogen-bond acceptors (Lipinski definition) is 5. The summed E-state index contributed by atoms with van der Waals surface area (Å²) in [7, 11) is 3.09. The normalized spacial score (nSPS) is 15.5. The first-order chi connectivity index (χ1) is 13.0. The molecule has 0 spiro atoms. The molecule has 140 valence electrons. The van der Waals surface area contributed by atoms with Crippen molar-refractivity contribution in [1.29, 1.82) is 0 Å². The van der Waals surface area contributed by atoms with Crippen molar-refractivity contribution in [2.45, 2.75) is 25.9 Å². The third-order valence-corrected chi connectivity index (χ3v) is 4.62. The van der Waals surface area contributed by atoms with Gasteiger partial charge < -0.3 is 14.2 Å². The van der Waals surface area contributed by atoms with Crippen molar-refractivity contribution in [3.05, 3.63) is 65.2 Å². The summed E-state index contributed by atoms with van der Waals surface area (Å²) in [6.07, 6.45) is -0.388. The maximum absolute atomic E-state index is 12.7.